The van der Waals surface area contributed by atoms with Crippen LogP contribution in [0.4, 0.5) is 5.69 Å². The number of aromatic nitrogens is 4. The second-order valence-electron chi connectivity index (χ2n) is 5.48. The number of methoxy groups -OCH3 is 1. The van der Waals surface area contributed by atoms with E-state index in [1.165, 1.54) is 7.11 Å². The molecule has 4 rings (SSSR count). The summed E-state index contributed by atoms with van der Waals surface area (Å²) in [5.74, 6) is 0.0470. The fourth-order valence-electron chi connectivity index (χ4n) is 2.84. The standard InChI is InChI=1S/C17H15N5O2/c1-24-17-18-8-11(9-19-17)16-13-7-15(23)22(10-14(13)20-21-16)12-5-3-2-4-6-12/h2-6,8-9H,7,10H2,1H3,(H,20,21). The summed E-state index contributed by atoms with van der Waals surface area (Å²) in [6, 6.07) is 9.93. The summed E-state index contributed by atoms with van der Waals surface area (Å²) in [4.78, 5) is 22.5. The minimum absolute atomic E-state index is 0.0470. The Labute approximate surface area is 138 Å². The predicted octanol–water partition coefficient (Wildman–Crippen LogP) is 1.96. The molecule has 1 aromatic carbocycles. The molecule has 0 fully saturated rings. The molecule has 0 unspecified atom stereocenters. The Morgan fingerprint density at radius 2 is 1.92 bits per heavy atom. The fraction of sp³-hybridized carbons (Fsp3) is 0.176. The van der Waals surface area contributed by atoms with Gasteiger partial charge in [0.25, 0.3) is 0 Å². The Hall–Kier alpha value is -3.22. The van der Waals surface area contributed by atoms with Gasteiger partial charge in [0.15, 0.2) is 0 Å². The van der Waals surface area contributed by atoms with Gasteiger partial charge in [0, 0.05) is 29.2 Å². The molecular weight excluding hydrogens is 306 g/mol. The number of carbonyl (C=O) groups is 1. The van der Waals surface area contributed by atoms with Crippen LogP contribution in [0, 0.1) is 0 Å². The molecule has 1 aliphatic rings. The molecule has 0 radical (unpaired) electrons. The summed E-state index contributed by atoms with van der Waals surface area (Å²) in [6.07, 6.45) is 3.59. The van der Waals surface area contributed by atoms with Crippen molar-refractivity contribution in [2.45, 2.75) is 13.0 Å². The number of nitrogens with one attached hydrogen (secondary N) is 1. The van der Waals surface area contributed by atoms with Crippen molar-refractivity contribution in [3.8, 4) is 17.3 Å². The van der Waals surface area contributed by atoms with Crippen molar-refractivity contribution in [3.63, 3.8) is 0 Å². The van der Waals surface area contributed by atoms with E-state index >= 15 is 0 Å². The zero-order chi connectivity index (χ0) is 16.5. The Kier molecular flexibility index (Phi) is 3.45. The largest absolute Gasteiger partial charge is 0.467 e. The van der Waals surface area contributed by atoms with Gasteiger partial charge in [-0.05, 0) is 12.1 Å². The number of nitrogens with zero attached hydrogens (tertiary/aromatic N) is 4. The number of fused-ring (bicyclic) bond motifs is 1. The van der Waals surface area contributed by atoms with E-state index in [2.05, 4.69) is 20.2 Å². The van der Waals surface area contributed by atoms with Crippen molar-refractivity contribution in [2.24, 2.45) is 0 Å². The molecule has 3 heterocycles. The highest BCUT2D eigenvalue weighted by Gasteiger charge is 2.29. The molecule has 7 nitrogen and oxygen atoms in total. The highest BCUT2D eigenvalue weighted by atomic mass is 16.5. The summed E-state index contributed by atoms with van der Waals surface area (Å²) in [5.41, 5.74) is 4.20. The van der Waals surface area contributed by atoms with Crippen LogP contribution in [0.15, 0.2) is 42.7 Å². The SMILES string of the molecule is COc1ncc(-c2n[nH]c3c2CC(=O)N(c2ccccc2)C3)cn1. The van der Waals surface area contributed by atoms with Gasteiger partial charge in [0.1, 0.15) is 0 Å². The van der Waals surface area contributed by atoms with Crippen LogP contribution in [0.5, 0.6) is 6.01 Å². The molecule has 1 N–H and O–H groups in total. The number of rotatable bonds is 3. The van der Waals surface area contributed by atoms with E-state index in [0.717, 1.165) is 22.5 Å². The first-order chi connectivity index (χ1) is 11.8. The summed E-state index contributed by atoms with van der Waals surface area (Å²) in [5, 5.41) is 7.40. The van der Waals surface area contributed by atoms with E-state index in [0.29, 0.717) is 24.7 Å². The van der Waals surface area contributed by atoms with Crippen LogP contribution in [0.3, 0.4) is 0 Å². The van der Waals surface area contributed by atoms with E-state index in [4.69, 9.17) is 4.74 Å². The number of aromatic amines is 1. The number of amides is 1. The molecule has 0 spiro atoms. The zero-order valence-electron chi connectivity index (χ0n) is 13.1. The molecule has 0 saturated carbocycles. The maximum absolute atomic E-state index is 12.6. The number of para-hydroxylation sites is 1. The molecule has 120 valence electrons. The molecule has 0 saturated heterocycles. The monoisotopic (exact) mass is 321 g/mol. The highest BCUT2D eigenvalue weighted by Crippen LogP contribution is 2.30. The summed E-state index contributed by atoms with van der Waals surface area (Å²) >= 11 is 0. The molecule has 7 heteroatoms. The lowest BCUT2D eigenvalue weighted by Gasteiger charge is -2.26. The van der Waals surface area contributed by atoms with Gasteiger partial charge < -0.3 is 9.64 Å². The normalized spacial score (nSPS) is 13.7. The van der Waals surface area contributed by atoms with Crippen molar-refractivity contribution in [1.29, 1.82) is 0 Å². The van der Waals surface area contributed by atoms with Gasteiger partial charge >= 0.3 is 6.01 Å². The summed E-state index contributed by atoms with van der Waals surface area (Å²) in [6.45, 7) is 0.474. The molecule has 0 atom stereocenters. The summed E-state index contributed by atoms with van der Waals surface area (Å²) < 4.78 is 4.97. The van der Waals surface area contributed by atoms with Gasteiger partial charge in [-0.3, -0.25) is 9.89 Å². The Bertz CT molecular complexity index is 874. The summed E-state index contributed by atoms with van der Waals surface area (Å²) in [7, 11) is 1.52. The molecule has 2 aromatic heterocycles. The first kappa shape index (κ1) is 14.4. The van der Waals surface area contributed by atoms with Crippen LogP contribution in [0.2, 0.25) is 0 Å². The Morgan fingerprint density at radius 1 is 1.17 bits per heavy atom. The van der Waals surface area contributed by atoms with E-state index < -0.39 is 0 Å². The van der Waals surface area contributed by atoms with Gasteiger partial charge in [-0.2, -0.15) is 5.10 Å². The van der Waals surface area contributed by atoms with Gasteiger partial charge in [0.05, 0.1) is 31.5 Å². The van der Waals surface area contributed by atoms with Crippen molar-refractivity contribution in [2.75, 3.05) is 12.0 Å². The minimum Gasteiger partial charge on any atom is -0.467 e. The number of H-pyrrole nitrogens is 1. The molecule has 0 bridgehead atoms. The lowest BCUT2D eigenvalue weighted by Crippen LogP contribution is -2.36. The van der Waals surface area contributed by atoms with Crippen LogP contribution in [-0.2, 0) is 17.8 Å². The topological polar surface area (TPSA) is 84.0 Å². The number of benzene rings is 1. The van der Waals surface area contributed by atoms with Gasteiger partial charge in [-0.25, -0.2) is 9.97 Å². The van der Waals surface area contributed by atoms with E-state index in [9.17, 15) is 4.79 Å². The van der Waals surface area contributed by atoms with Crippen LogP contribution in [0.1, 0.15) is 11.3 Å². The quantitative estimate of drug-likeness (QED) is 0.797. The number of ether oxygens (including phenoxy) is 1. The molecule has 1 aliphatic heterocycles. The predicted molar refractivity (Wildman–Crippen MR) is 87.5 cm³/mol. The Morgan fingerprint density at radius 3 is 2.62 bits per heavy atom. The Balaban J connectivity index is 1.67. The van der Waals surface area contributed by atoms with Crippen molar-refractivity contribution in [1.82, 2.24) is 20.2 Å². The second kappa shape index (κ2) is 5.77. The van der Waals surface area contributed by atoms with Crippen LogP contribution in [0.25, 0.3) is 11.3 Å². The first-order valence-corrected chi connectivity index (χ1v) is 7.54. The molecule has 0 aliphatic carbocycles. The smallest absolute Gasteiger partial charge is 0.316 e. The average Bonchev–Trinajstić information content (AvgIpc) is 3.04. The van der Waals surface area contributed by atoms with Gasteiger partial charge in [-0.1, -0.05) is 18.2 Å². The van der Waals surface area contributed by atoms with Crippen LogP contribution >= 0.6 is 0 Å². The second-order valence-corrected chi connectivity index (χ2v) is 5.48. The van der Waals surface area contributed by atoms with Crippen LogP contribution < -0.4 is 9.64 Å². The zero-order valence-corrected chi connectivity index (χ0v) is 13.1. The third-order valence-corrected chi connectivity index (χ3v) is 4.05. The van der Waals surface area contributed by atoms with E-state index in [-0.39, 0.29) is 5.91 Å². The molecule has 3 aromatic rings. The average molecular weight is 321 g/mol. The number of anilines is 1. The lowest BCUT2D eigenvalue weighted by molar-refractivity contribution is -0.118. The van der Waals surface area contributed by atoms with Crippen LogP contribution in [-0.4, -0.2) is 33.2 Å². The van der Waals surface area contributed by atoms with Crippen molar-refractivity contribution in [3.05, 3.63) is 54.0 Å². The maximum Gasteiger partial charge on any atom is 0.316 e. The minimum atomic E-state index is 0.0470. The van der Waals surface area contributed by atoms with Crippen molar-refractivity contribution < 1.29 is 9.53 Å². The fourth-order valence-corrected chi connectivity index (χ4v) is 2.84. The number of hydrogen-bond acceptors (Lipinski definition) is 5. The van der Waals surface area contributed by atoms with E-state index in [1.54, 1.807) is 17.3 Å². The van der Waals surface area contributed by atoms with Crippen molar-refractivity contribution >= 4 is 11.6 Å². The van der Waals surface area contributed by atoms with Gasteiger partial charge in [-0.15, -0.1) is 0 Å². The molecule has 24 heavy (non-hydrogen) atoms. The maximum atomic E-state index is 12.6. The lowest BCUT2D eigenvalue weighted by atomic mass is 10.0. The number of carbonyl (C=O) groups excluding carboxylic acids is 1. The first-order valence-electron chi connectivity index (χ1n) is 7.54. The highest BCUT2D eigenvalue weighted by molar-refractivity contribution is 5.97. The third-order valence-electron chi connectivity index (χ3n) is 4.05. The number of hydrogen-bond donors (Lipinski definition) is 1. The third kappa shape index (κ3) is 2.40. The van der Waals surface area contributed by atoms with E-state index in [1.807, 2.05) is 30.3 Å². The molecule has 1 amide bonds. The van der Waals surface area contributed by atoms with Gasteiger partial charge in [0.2, 0.25) is 5.91 Å². The molecular formula is C17H15N5O2.